The van der Waals surface area contributed by atoms with Gasteiger partial charge in [0.15, 0.2) is 0 Å². The van der Waals surface area contributed by atoms with Gasteiger partial charge in [0, 0.05) is 20.2 Å². The van der Waals surface area contributed by atoms with Crippen molar-refractivity contribution in [1.29, 1.82) is 0 Å². The van der Waals surface area contributed by atoms with Crippen LogP contribution in [0, 0.1) is 0 Å². The number of unbranched alkanes of at least 4 members (excludes halogenated alkanes) is 13. The molecule has 4 heteroatoms. The Morgan fingerprint density at radius 1 is 0.625 bits per heavy atom. The Bertz CT molecular complexity index is 873. The zero-order chi connectivity index (χ0) is 22.4. The number of aryl methyl sites for hydroxylation is 1. The molecule has 0 unspecified atom stereocenters. The van der Waals surface area contributed by atoms with Crippen LogP contribution in [-0.2, 0) is 6.42 Å². The minimum Gasteiger partial charge on any atom is -0.142 e. The summed E-state index contributed by atoms with van der Waals surface area (Å²) < 4.78 is 1.21. The topological polar surface area (TPSA) is 0 Å². The van der Waals surface area contributed by atoms with Crippen molar-refractivity contribution in [3.8, 4) is 20.2 Å². The molecule has 0 aromatic carbocycles. The molecule has 0 aliphatic carbocycles. The van der Waals surface area contributed by atoms with E-state index in [0.717, 1.165) is 0 Å². The first-order valence-corrected chi connectivity index (χ1v) is 16.0. The molecule has 0 aliphatic heterocycles. The maximum absolute atomic E-state index is 3.60. The average Bonchev–Trinajstić information content (AvgIpc) is 3.54. The van der Waals surface area contributed by atoms with Crippen LogP contribution in [0.1, 0.15) is 102 Å². The fraction of sp³-hybridized carbons (Fsp3) is 0.571. The highest BCUT2D eigenvalue weighted by Crippen LogP contribution is 2.43. The highest BCUT2D eigenvalue weighted by Gasteiger charge is 2.13. The van der Waals surface area contributed by atoms with Gasteiger partial charge in [-0.05, 0) is 64.5 Å². The Balaban J connectivity index is 1.25. The minimum atomic E-state index is 1.21. The molecule has 0 amide bonds. The van der Waals surface area contributed by atoms with E-state index in [9.17, 15) is 0 Å². The number of rotatable bonds is 17. The van der Waals surface area contributed by atoms with Gasteiger partial charge in [0.25, 0.3) is 0 Å². The van der Waals surface area contributed by atoms with Crippen LogP contribution in [-0.4, -0.2) is 0 Å². The summed E-state index contributed by atoms with van der Waals surface area (Å²) >= 11 is 9.27. The van der Waals surface area contributed by atoms with Crippen molar-refractivity contribution >= 4 is 49.9 Å². The molecule has 0 spiro atoms. The third-order valence-electron chi connectivity index (χ3n) is 6.17. The lowest BCUT2D eigenvalue weighted by Crippen LogP contribution is -1.84. The molecule has 3 rings (SSSR count). The summed E-state index contributed by atoms with van der Waals surface area (Å²) in [6, 6.07) is 11.4. The number of thiophene rings is 3. The first-order valence-electron chi connectivity index (χ1n) is 12.7. The van der Waals surface area contributed by atoms with Crippen LogP contribution in [0.5, 0.6) is 0 Å². The normalized spacial score (nSPS) is 11.4. The Morgan fingerprint density at radius 3 is 1.81 bits per heavy atom. The van der Waals surface area contributed by atoms with Crippen molar-refractivity contribution in [2.75, 3.05) is 0 Å². The summed E-state index contributed by atoms with van der Waals surface area (Å²) in [6.45, 7) is 2.30. The zero-order valence-electron chi connectivity index (χ0n) is 19.7. The van der Waals surface area contributed by atoms with Gasteiger partial charge in [-0.3, -0.25) is 0 Å². The molecule has 3 aromatic heterocycles. The van der Waals surface area contributed by atoms with Gasteiger partial charge in [-0.1, -0.05) is 90.4 Å². The summed E-state index contributed by atoms with van der Waals surface area (Å²) in [4.78, 5) is 5.74. The van der Waals surface area contributed by atoms with E-state index in [-0.39, 0.29) is 0 Å². The highest BCUT2D eigenvalue weighted by atomic mass is 79.9. The van der Waals surface area contributed by atoms with Crippen LogP contribution < -0.4 is 0 Å². The summed E-state index contributed by atoms with van der Waals surface area (Å²) in [5.41, 5.74) is 1.40. The Hall–Kier alpha value is -0.420. The maximum Gasteiger partial charge on any atom is 0.0705 e. The van der Waals surface area contributed by atoms with E-state index in [2.05, 4.69) is 58.6 Å². The molecule has 32 heavy (non-hydrogen) atoms. The van der Waals surface area contributed by atoms with Gasteiger partial charge in [-0.25, -0.2) is 0 Å². The molecule has 0 nitrogen and oxygen atoms in total. The second-order valence-electron chi connectivity index (χ2n) is 8.88. The Labute approximate surface area is 216 Å². The zero-order valence-corrected chi connectivity index (χ0v) is 23.7. The molecular weight excluding hydrogens is 512 g/mol. The molecule has 0 aliphatic rings. The fourth-order valence-corrected chi connectivity index (χ4v) is 7.87. The monoisotopic (exact) mass is 550 g/mol. The number of hydrogen-bond donors (Lipinski definition) is 0. The van der Waals surface area contributed by atoms with Gasteiger partial charge in [0.05, 0.1) is 8.66 Å². The average molecular weight is 552 g/mol. The first-order chi connectivity index (χ1) is 15.8. The van der Waals surface area contributed by atoms with Crippen molar-refractivity contribution in [3.63, 3.8) is 0 Å². The van der Waals surface area contributed by atoms with Gasteiger partial charge in [-0.2, -0.15) is 0 Å². The molecule has 3 heterocycles. The van der Waals surface area contributed by atoms with Crippen molar-refractivity contribution in [2.24, 2.45) is 0 Å². The van der Waals surface area contributed by atoms with E-state index in [0.29, 0.717) is 0 Å². The maximum atomic E-state index is 3.60. The summed E-state index contributed by atoms with van der Waals surface area (Å²) in [6.07, 6.45) is 21.2. The largest absolute Gasteiger partial charge is 0.142 e. The second-order valence-corrected chi connectivity index (χ2v) is 13.4. The van der Waals surface area contributed by atoms with Crippen molar-refractivity contribution < 1.29 is 0 Å². The Morgan fingerprint density at radius 2 is 1.22 bits per heavy atom. The van der Waals surface area contributed by atoms with Crippen LogP contribution in [0.15, 0.2) is 39.5 Å². The molecular formula is C28H39BrS3. The molecule has 0 radical (unpaired) electrons. The lowest BCUT2D eigenvalue weighted by Gasteiger charge is -2.03. The van der Waals surface area contributed by atoms with Gasteiger partial charge < -0.3 is 0 Å². The van der Waals surface area contributed by atoms with E-state index < -0.39 is 0 Å². The van der Waals surface area contributed by atoms with Crippen LogP contribution in [0.4, 0.5) is 0 Å². The van der Waals surface area contributed by atoms with Crippen LogP contribution in [0.25, 0.3) is 20.2 Å². The fourth-order valence-electron chi connectivity index (χ4n) is 4.28. The molecule has 0 saturated heterocycles. The van der Waals surface area contributed by atoms with Crippen molar-refractivity contribution in [3.05, 3.63) is 44.4 Å². The Kier molecular flexibility index (Phi) is 12.7. The van der Waals surface area contributed by atoms with E-state index in [1.807, 2.05) is 34.0 Å². The molecule has 0 N–H and O–H groups in total. The molecule has 3 aromatic rings. The lowest BCUT2D eigenvalue weighted by atomic mass is 10.0. The van der Waals surface area contributed by atoms with Gasteiger partial charge in [0.2, 0.25) is 0 Å². The quantitative estimate of drug-likeness (QED) is 0.146. The third-order valence-corrected chi connectivity index (χ3v) is 10.1. The molecule has 176 valence electrons. The third kappa shape index (κ3) is 9.08. The predicted molar refractivity (Wildman–Crippen MR) is 153 cm³/mol. The number of hydrogen-bond acceptors (Lipinski definition) is 3. The van der Waals surface area contributed by atoms with Crippen molar-refractivity contribution in [2.45, 2.75) is 103 Å². The van der Waals surface area contributed by atoms with E-state index >= 15 is 0 Å². The van der Waals surface area contributed by atoms with E-state index in [1.165, 1.54) is 120 Å². The molecule has 0 atom stereocenters. The lowest BCUT2D eigenvalue weighted by molar-refractivity contribution is 0.536. The van der Waals surface area contributed by atoms with E-state index in [4.69, 9.17) is 0 Å². The first kappa shape index (κ1) is 26.2. The molecule has 0 bridgehead atoms. The van der Waals surface area contributed by atoms with Crippen LogP contribution >= 0.6 is 49.9 Å². The highest BCUT2D eigenvalue weighted by molar-refractivity contribution is 9.11. The standard InChI is InChI=1S/C28H39BrS3/c1-2-3-4-5-6-7-8-9-10-11-12-13-14-15-16-23-17-18-25(31-23)24-21-22-30-28(24)26-19-20-27(29)32-26/h17-22H,2-16H2,1H3. The van der Waals surface area contributed by atoms with Crippen LogP contribution in [0.3, 0.4) is 0 Å². The van der Waals surface area contributed by atoms with Crippen LogP contribution in [0.2, 0.25) is 0 Å². The molecule has 0 fully saturated rings. The SMILES string of the molecule is CCCCCCCCCCCCCCCCc1ccc(-c2ccsc2-c2ccc(Br)s2)s1. The summed E-state index contributed by atoms with van der Waals surface area (Å²) in [5, 5.41) is 2.23. The summed E-state index contributed by atoms with van der Waals surface area (Å²) in [5.74, 6) is 0. The second kappa shape index (κ2) is 15.5. The van der Waals surface area contributed by atoms with Gasteiger partial charge >= 0.3 is 0 Å². The smallest absolute Gasteiger partial charge is 0.0705 e. The van der Waals surface area contributed by atoms with E-state index in [1.54, 1.807) is 4.88 Å². The number of halogens is 1. The minimum absolute atomic E-state index is 1.21. The molecule has 0 saturated carbocycles. The van der Waals surface area contributed by atoms with Crippen molar-refractivity contribution in [1.82, 2.24) is 0 Å². The van der Waals surface area contributed by atoms with Gasteiger partial charge in [-0.15, -0.1) is 34.0 Å². The summed E-state index contributed by atoms with van der Waals surface area (Å²) in [7, 11) is 0. The predicted octanol–water partition coefficient (Wildman–Crippen LogP) is 12.0. The van der Waals surface area contributed by atoms with Gasteiger partial charge in [0.1, 0.15) is 0 Å².